The second kappa shape index (κ2) is 11.2. The van der Waals surface area contributed by atoms with Gasteiger partial charge in [-0.15, -0.1) is 0 Å². The number of carbonyl (C=O) groups excluding carboxylic acids is 1. The summed E-state index contributed by atoms with van der Waals surface area (Å²) in [7, 11) is -3.49. The van der Waals surface area contributed by atoms with Crippen molar-refractivity contribution < 1.29 is 28.2 Å². The average molecular weight is 594 g/mol. The van der Waals surface area contributed by atoms with Gasteiger partial charge in [-0.1, -0.05) is 47.5 Å². The van der Waals surface area contributed by atoms with Gasteiger partial charge in [0.25, 0.3) is 5.91 Å². The normalized spacial score (nSPS) is 12.3. The van der Waals surface area contributed by atoms with E-state index in [0.29, 0.717) is 28.0 Å². The van der Waals surface area contributed by atoms with Crippen molar-refractivity contribution in [3.63, 3.8) is 0 Å². The van der Waals surface area contributed by atoms with Crippen molar-refractivity contribution in [2.24, 2.45) is 0 Å². The molecule has 4 aromatic rings. The summed E-state index contributed by atoms with van der Waals surface area (Å²) in [5.41, 5.74) is 1.14. The highest BCUT2D eigenvalue weighted by Gasteiger charge is 2.26. The van der Waals surface area contributed by atoms with Crippen LogP contribution in [-0.2, 0) is 27.6 Å². The number of benzene rings is 3. The van der Waals surface area contributed by atoms with Crippen molar-refractivity contribution in [2.45, 2.75) is 23.9 Å². The Balaban J connectivity index is 1.56. The molecular formula is C25H21Cl2N3O6S2. The van der Waals surface area contributed by atoms with E-state index < -0.39 is 27.8 Å². The number of sulfone groups is 1. The van der Waals surface area contributed by atoms with Crippen LogP contribution in [0.15, 0.2) is 59.5 Å². The predicted molar refractivity (Wildman–Crippen MR) is 147 cm³/mol. The highest BCUT2D eigenvalue weighted by molar-refractivity contribution is 7.90. The van der Waals surface area contributed by atoms with E-state index in [4.69, 9.17) is 23.2 Å². The van der Waals surface area contributed by atoms with Crippen LogP contribution in [0.5, 0.6) is 5.75 Å². The zero-order valence-electron chi connectivity index (χ0n) is 19.7. The molecule has 9 nitrogen and oxygen atoms in total. The molecule has 3 aromatic carbocycles. The second-order valence-corrected chi connectivity index (χ2v) is 12.0. The molecule has 0 unspecified atom stereocenters. The van der Waals surface area contributed by atoms with Crippen molar-refractivity contribution >= 4 is 72.4 Å². The Morgan fingerprint density at radius 3 is 2.47 bits per heavy atom. The van der Waals surface area contributed by atoms with Crippen LogP contribution >= 0.6 is 34.7 Å². The number of anilines is 1. The SMILES string of the molecule is CS(=O)(=O)c1cccc(C[C@H](NC(=O)c2c(Cl)cc3c(NCc4cccc(O)c4)nsc3c2Cl)C(=O)O)c1. The van der Waals surface area contributed by atoms with E-state index in [2.05, 4.69) is 15.0 Å². The van der Waals surface area contributed by atoms with Crippen molar-refractivity contribution in [1.29, 1.82) is 0 Å². The summed E-state index contributed by atoms with van der Waals surface area (Å²) in [4.78, 5) is 25.1. The van der Waals surface area contributed by atoms with E-state index in [0.717, 1.165) is 23.4 Å². The van der Waals surface area contributed by atoms with E-state index in [-0.39, 0.29) is 32.7 Å². The minimum Gasteiger partial charge on any atom is -0.508 e. The summed E-state index contributed by atoms with van der Waals surface area (Å²) in [5, 5.41) is 25.6. The second-order valence-electron chi connectivity index (χ2n) is 8.47. The molecule has 1 heterocycles. The van der Waals surface area contributed by atoms with Gasteiger partial charge in [-0.3, -0.25) is 4.79 Å². The number of carboxylic acid groups (broad SMARTS) is 1. The first kappa shape index (κ1) is 27.6. The molecule has 1 aromatic heterocycles. The van der Waals surface area contributed by atoms with Gasteiger partial charge in [-0.25, -0.2) is 13.2 Å². The number of phenols is 1. The van der Waals surface area contributed by atoms with Crippen LogP contribution in [0, 0.1) is 0 Å². The Bertz CT molecular complexity index is 1660. The first-order valence-electron chi connectivity index (χ1n) is 11.1. The molecule has 1 atom stereocenters. The number of fused-ring (bicyclic) bond motifs is 1. The molecular weight excluding hydrogens is 573 g/mol. The number of nitrogens with one attached hydrogen (secondary N) is 2. The molecule has 0 radical (unpaired) electrons. The Kier molecular flexibility index (Phi) is 8.12. The van der Waals surface area contributed by atoms with Gasteiger partial charge in [0.05, 0.1) is 25.2 Å². The zero-order valence-corrected chi connectivity index (χ0v) is 22.9. The summed E-state index contributed by atoms with van der Waals surface area (Å²) < 4.78 is 28.5. The number of aromatic nitrogens is 1. The van der Waals surface area contributed by atoms with E-state index in [1.807, 2.05) is 6.07 Å². The van der Waals surface area contributed by atoms with Gasteiger partial charge >= 0.3 is 5.97 Å². The molecule has 0 fully saturated rings. The van der Waals surface area contributed by atoms with Gasteiger partial charge in [0.1, 0.15) is 17.6 Å². The van der Waals surface area contributed by atoms with E-state index in [9.17, 15) is 28.2 Å². The van der Waals surface area contributed by atoms with Crippen LogP contribution in [0.2, 0.25) is 10.0 Å². The van der Waals surface area contributed by atoms with Crippen LogP contribution in [0.3, 0.4) is 0 Å². The van der Waals surface area contributed by atoms with Gasteiger partial charge in [0, 0.05) is 24.6 Å². The van der Waals surface area contributed by atoms with E-state index >= 15 is 0 Å². The number of hydrogen-bond donors (Lipinski definition) is 4. The van der Waals surface area contributed by atoms with E-state index in [1.54, 1.807) is 24.3 Å². The van der Waals surface area contributed by atoms with Gasteiger partial charge in [0.2, 0.25) is 0 Å². The fraction of sp³-hybridized carbons (Fsp3) is 0.160. The maximum absolute atomic E-state index is 13.1. The highest BCUT2D eigenvalue weighted by atomic mass is 35.5. The van der Waals surface area contributed by atoms with Crippen LogP contribution < -0.4 is 10.6 Å². The largest absolute Gasteiger partial charge is 0.508 e. The maximum Gasteiger partial charge on any atom is 0.326 e. The summed E-state index contributed by atoms with van der Waals surface area (Å²) in [6.45, 7) is 0.367. The number of halogens is 2. The fourth-order valence-corrected chi connectivity index (χ4v) is 5.97. The predicted octanol–water partition coefficient (Wildman–Crippen LogP) is 4.75. The number of amides is 1. The molecule has 0 saturated carbocycles. The highest BCUT2D eigenvalue weighted by Crippen LogP contribution is 2.39. The minimum atomic E-state index is -3.49. The zero-order chi connectivity index (χ0) is 27.6. The van der Waals surface area contributed by atoms with Gasteiger partial charge in [-0.05, 0) is 53.0 Å². The number of phenolic OH excluding ortho intramolecular Hbond substituents is 1. The minimum absolute atomic E-state index is 0.00354. The third kappa shape index (κ3) is 6.18. The smallest absolute Gasteiger partial charge is 0.326 e. The fourth-order valence-electron chi connectivity index (χ4n) is 3.76. The van der Waals surface area contributed by atoms with Crippen LogP contribution in [0.25, 0.3) is 10.1 Å². The number of aromatic hydroxyl groups is 1. The van der Waals surface area contributed by atoms with Crippen molar-refractivity contribution in [2.75, 3.05) is 11.6 Å². The molecule has 198 valence electrons. The number of hydrogen-bond acceptors (Lipinski definition) is 8. The molecule has 0 spiro atoms. The number of rotatable bonds is 9. The van der Waals surface area contributed by atoms with Crippen molar-refractivity contribution in [3.05, 3.63) is 81.3 Å². The molecule has 0 bridgehead atoms. The quantitative estimate of drug-likeness (QED) is 0.217. The summed E-state index contributed by atoms with van der Waals surface area (Å²) >= 11 is 14.0. The molecule has 0 saturated heterocycles. The Hall–Kier alpha value is -3.38. The summed E-state index contributed by atoms with van der Waals surface area (Å²) in [6, 6.07) is 12.7. The molecule has 0 aliphatic heterocycles. The monoisotopic (exact) mass is 593 g/mol. The lowest BCUT2D eigenvalue weighted by molar-refractivity contribution is -0.139. The summed E-state index contributed by atoms with van der Waals surface area (Å²) in [5.74, 6) is -1.49. The Labute approximate surface area is 232 Å². The lowest BCUT2D eigenvalue weighted by atomic mass is 10.1. The molecule has 13 heteroatoms. The van der Waals surface area contributed by atoms with Crippen molar-refractivity contribution in [3.8, 4) is 5.75 Å². The topological polar surface area (TPSA) is 146 Å². The number of carbonyl (C=O) groups is 2. The Morgan fingerprint density at radius 1 is 1.08 bits per heavy atom. The molecule has 0 aliphatic rings. The lowest BCUT2D eigenvalue weighted by Gasteiger charge is -2.16. The lowest BCUT2D eigenvalue weighted by Crippen LogP contribution is -2.42. The Morgan fingerprint density at radius 2 is 1.79 bits per heavy atom. The maximum atomic E-state index is 13.1. The average Bonchev–Trinajstić information content (AvgIpc) is 3.25. The van der Waals surface area contributed by atoms with Gasteiger partial charge in [-0.2, -0.15) is 4.37 Å². The number of aliphatic carboxylic acids is 1. The third-order valence-electron chi connectivity index (χ3n) is 5.62. The van der Waals surface area contributed by atoms with Gasteiger partial charge < -0.3 is 20.8 Å². The van der Waals surface area contributed by atoms with Crippen LogP contribution in [0.4, 0.5) is 5.82 Å². The van der Waals surface area contributed by atoms with Crippen molar-refractivity contribution in [1.82, 2.24) is 9.69 Å². The van der Waals surface area contributed by atoms with Crippen LogP contribution in [-0.4, -0.2) is 47.2 Å². The molecule has 38 heavy (non-hydrogen) atoms. The third-order valence-corrected chi connectivity index (χ3v) is 8.40. The molecule has 4 N–H and O–H groups in total. The summed E-state index contributed by atoms with van der Waals surface area (Å²) in [6.07, 6.45) is 0.890. The molecule has 4 rings (SSSR count). The van der Waals surface area contributed by atoms with E-state index in [1.165, 1.54) is 24.3 Å². The first-order chi connectivity index (χ1) is 17.9. The number of carboxylic acids is 1. The molecule has 0 aliphatic carbocycles. The number of nitrogens with zero attached hydrogens (tertiary/aromatic N) is 1. The first-order valence-corrected chi connectivity index (χ1v) is 14.5. The molecule has 1 amide bonds. The van der Waals surface area contributed by atoms with Crippen LogP contribution in [0.1, 0.15) is 21.5 Å². The van der Waals surface area contributed by atoms with Gasteiger partial charge in [0.15, 0.2) is 9.84 Å². The standard InChI is InChI=1S/C25H21Cl2N3O6S2/c1-38(35,36)16-7-3-4-13(9-16)10-19(25(33)34)29-24(32)20-18(26)11-17-22(21(20)27)37-30-23(17)28-12-14-5-2-6-15(31)8-14/h2-9,11,19,31H,10,12H2,1H3,(H,28,30)(H,29,32)(H,33,34)/t19-/m0/s1.